The van der Waals surface area contributed by atoms with Gasteiger partial charge in [-0.3, -0.25) is 29.2 Å². The Labute approximate surface area is 279 Å². The standard InChI is InChI=1S/C33H46N4O11/c1-6-9-10-11-24(26(7-2)37(44)20-38)31(41)34-19-35-32(42)28-14-13-27(48-28)21-16-22(18-23(17-21)47-8-3)30(40)36-25(33(43)46-5)12-15-29(39)45-4/h13-14,16-18,20,24-26,44H,6-12,15,19H2,1-5H3,(H,34,41)(H,35,42)(H,36,40)/t24?,25?,26-/m1/s1. The summed E-state index contributed by atoms with van der Waals surface area (Å²) in [6.45, 7) is 5.60. The van der Waals surface area contributed by atoms with E-state index in [4.69, 9.17) is 13.9 Å². The van der Waals surface area contributed by atoms with Crippen molar-refractivity contribution in [3.05, 3.63) is 41.7 Å². The quantitative estimate of drug-likeness (QED) is 0.0378. The summed E-state index contributed by atoms with van der Waals surface area (Å²) in [5.74, 6) is -3.18. The zero-order chi connectivity index (χ0) is 35.6. The second kappa shape index (κ2) is 20.3. The lowest BCUT2D eigenvalue weighted by atomic mass is 9.90. The molecule has 4 N–H and O–H groups in total. The SMILES string of the molecule is CCCCCC(C(=O)NCNC(=O)c1ccc(-c2cc(OCC)cc(C(=O)NC(CCC(=O)OC)C(=O)OC)c2)o1)[C@@H](CC)N(O)C=O. The Balaban J connectivity index is 2.17. The number of nitrogens with zero attached hydrogens (tertiary/aromatic N) is 1. The molecule has 0 fully saturated rings. The Kier molecular flexibility index (Phi) is 16.6. The summed E-state index contributed by atoms with van der Waals surface area (Å²) in [7, 11) is 2.38. The first-order chi connectivity index (χ1) is 23.0. The van der Waals surface area contributed by atoms with Crippen LogP contribution in [0.4, 0.5) is 0 Å². The lowest BCUT2D eigenvalue weighted by Gasteiger charge is -2.29. The minimum atomic E-state index is -1.12. The maximum atomic E-state index is 13.2. The summed E-state index contributed by atoms with van der Waals surface area (Å²) >= 11 is 0. The molecule has 48 heavy (non-hydrogen) atoms. The van der Waals surface area contributed by atoms with Crippen LogP contribution in [0, 0.1) is 5.92 Å². The Morgan fingerprint density at radius 1 is 0.958 bits per heavy atom. The van der Waals surface area contributed by atoms with E-state index in [9.17, 15) is 34.0 Å². The number of rotatable bonds is 21. The summed E-state index contributed by atoms with van der Waals surface area (Å²) < 4.78 is 20.8. The molecule has 1 aromatic carbocycles. The van der Waals surface area contributed by atoms with Crippen molar-refractivity contribution in [1.29, 1.82) is 0 Å². The number of carbonyl (C=O) groups is 6. The molecular formula is C33H46N4O11. The molecule has 264 valence electrons. The van der Waals surface area contributed by atoms with Gasteiger partial charge in [0.25, 0.3) is 11.8 Å². The average molecular weight is 675 g/mol. The van der Waals surface area contributed by atoms with Gasteiger partial charge in [-0.2, -0.15) is 0 Å². The van der Waals surface area contributed by atoms with Gasteiger partial charge >= 0.3 is 11.9 Å². The van der Waals surface area contributed by atoms with Gasteiger partial charge in [0.2, 0.25) is 12.3 Å². The normalized spacial score (nSPS) is 12.5. The largest absolute Gasteiger partial charge is 0.494 e. The summed E-state index contributed by atoms with van der Waals surface area (Å²) in [5, 5.41) is 18.3. The lowest BCUT2D eigenvalue weighted by Crippen LogP contribution is -2.47. The third kappa shape index (κ3) is 11.7. The molecule has 1 aromatic heterocycles. The van der Waals surface area contributed by atoms with Crippen LogP contribution in [0.3, 0.4) is 0 Å². The third-order valence-corrected chi connectivity index (χ3v) is 7.55. The van der Waals surface area contributed by atoms with E-state index < -0.39 is 47.7 Å². The predicted octanol–water partition coefficient (Wildman–Crippen LogP) is 3.20. The van der Waals surface area contributed by atoms with Crippen molar-refractivity contribution in [2.75, 3.05) is 27.5 Å². The summed E-state index contributed by atoms with van der Waals surface area (Å²) in [6, 6.07) is 5.69. The zero-order valence-electron chi connectivity index (χ0n) is 28.0. The van der Waals surface area contributed by atoms with Crippen molar-refractivity contribution in [2.24, 2.45) is 5.92 Å². The molecule has 3 atom stereocenters. The van der Waals surface area contributed by atoms with E-state index in [2.05, 4.69) is 20.7 Å². The van der Waals surface area contributed by atoms with E-state index in [-0.39, 0.29) is 49.6 Å². The molecule has 0 aliphatic rings. The maximum Gasteiger partial charge on any atom is 0.328 e. The van der Waals surface area contributed by atoms with E-state index in [1.54, 1.807) is 19.9 Å². The van der Waals surface area contributed by atoms with Crippen LogP contribution in [-0.4, -0.2) is 85.9 Å². The molecule has 0 saturated carbocycles. The highest BCUT2D eigenvalue weighted by atomic mass is 16.5. The van der Waals surface area contributed by atoms with Gasteiger partial charge < -0.3 is 34.6 Å². The number of amides is 4. The zero-order valence-corrected chi connectivity index (χ0v) is 28.0. The first kappa shape index (κ1) is 39.3. The van der Waals surface area contributed by atoms with E-state index in [0.717, 1.165) is 19.3 Å². The van der Waals surface area contributed by atoms with E-state index in [1.165, 1.54) is 38.5 Å². The molecule has 0 spiro atoms. The second-order valence-electron chi connectivity index (χ2n) is 10.8. The number of furan rings is 1. The van der Waals surface area contributed by atoms with Gasteiger partial charge in [-0.1, -0.05) is 33.1 Å². The molecule has 0 saturated heterocycles. The molecule has 2 aromatic rings. The van der Waals surface area contributed by atoms with Gasteiger partial charge in [0, 0.05) is 17.5 Å². The van der Waals surface area contributed by atoms with Crippen LogP contribution in [0.25, 0.3) is 11.3 Å². The summed E-state index contributed by atoms with van der Waals surface area (Å²) in [6.07, 6.45) is 3.47. The van der Waals surface area contributed by atoms with Gasteiger partial charge in [0.15, 0.2) is 5.76 Å². The Morgan fingerprint density at radius 3 is 2.33 bits per heavy atom. The number of benzene rings is 1. The highest BCUT2D eigenvalue weighted by Crippen LogP contribution is 2.28. The number of nitrogens with one attached hydrogen (secondary N) is 3. The van der Waals surface area contributed by atoms with Crippen molar-refractivity contribution < 1.29 is 52.6 Å². The van der Waals surface area contributed by atoms with Crippen LogP contribution in [0.5, 0.6) is 5.75 Å². The molecule has 2 unspecified atom stereocenters. The Morgan fingerprint density at radius 2 is 1.71 bits per heavy atom. The number of hydrogen-bond donors (Lipinski definition) is 4. The lowest BCUT2D eigenvalue weighted by molar-refractivity contribution is -0.168. The highest BCUT2D eigenvalue weighted by molar-refractivity contribution is 5.98. The first-order valence-electron chi connectivity index (χ1n) is 15.8. The predicted molar refractivity (Wildman–Crippen MR) is 172 cm³/mol. The topological polar surface area (TPSA) is 203 Å². The summed E-state index contributed by atoms with van der Waals surface area (Å²) in [5.41, 5.74) is 0.509. The van der Waals surface area contributed by atoms with Crippen LogP contribution in [0.15, 0.2) is 34.7 Å². The van der Waals surface area contributed by atoms with Gasteiger partial charge in [-0.05, 0) is 56.5 Å². The second-order valence-corrected chi connectivity index (χ2v) is 10.8. The van der Waals surface area contributed by atoms with Crippen LogP contribution in [0.1, 0.15) is 86.6 Å². The van der Waals surface area contributed by atoms with Crippen molar-refractivity contribution in [3.63, 3.8) is 0 Å². The highest BCUT2D eigenvalue weighted by Gasteiger charge is 2.31. The number of unbranched alkanes of at least 4 members (excludes halogenated alkanes) is 2. The van der Waals surface area contributed by atoms with Crippen molar-refractivity contribution >= 4 is 36.1 Å². The first-order valence-corrected chi connectivity index (χ1v) is 15.8. The van der Waals surface area contributed by atoms with Crippen LogP contribution in [-0.2, 0) is 28.7 Å². The molecule has 0 bridgehead atoms. The fourth-order valence-corrected chi connectivity index (χ4v) is 5.01. The fraction of sp³-hybridized carbons (Fsp3) is 0.515. The minimum absolute atomic E-state index is 0.0441. The number of hydrogen-bond acceptors (Lipinski definition) is 11. The molecule has 0 radical (unpaired) electrons. The fourth-order valence-electron chi connectivity index (χ4n) is 5.01. The van der Waals surface area contributed by atoms with Gasteiger partial charge in [-0.15, -0.1) is 0 Å². The molecule has 15 nitrogen and oxygen atoms in total. The third-order valence-electron chi connectivity index (χ3n) is 7.55. The molecule has 0 aliphatic heterocycles. The molecule has 2 rings (SSSR count). The van der Waals surface area contributed by atoms with Crippen molar-refractivity contribution in [3.8, 4) is 17.1 Å². The Hall–Kier alpha value is -4.92. The van der Waals surface area contributed by atoms with Crippen LogP contribution < -0.4 is 20.7 Å². The maximum absolute atomic E-state index is 13.2. The molecule has 1 heterocycles. The average Bonchev–Trinajstić information content (AvgIpc) is 3.59. The number of carbonyl (C=O) groups excluding carboxylic acids is 6. The van der Waals surface area contributed by atoms with Crippen molar-refractivity contribution in [1.82, 2.24) is 21.0 Å². The van der Waals surface area contributed by atoms with Crippen LogP contribution >= 0.6 is 0 Å². The monoisotopic (exact) mass is 674 g/mol. The minimum Gasteiger partial charge on any atom is -0.494 e. The molecule has 0 aliphatic carbocycles. The van der Waals surface area contributed by atoms with Gasteiger partial charge in [0.1, 0.15) is 17.6 Å². The summed E-state index contributed by atoms with van der Waals surface area (Å²) in [4.78, 5) is 74.1. The van der Waals surface area contributed by atoms with E-state index >= 15 is 0 Å². The number of ether oxygens (including phenoxy) is 3. The van der Waals surface area contributed by atoms with Gasteiger partial charge in [-0.25, -0.2) is 9.86 Å². The molecular weight excluding hydrogens is 628 g/mol. The van der Waals surface area contributed by atoms with Crippen molar-refractivity contribution in [2.45, 2.75) is 77.8 Å². The molecule has 15 heteroatoms. The van der Waals surface area contributed by atoms with E-state index in [0.29, 0.717) is 29.2 Å². The number of methoxy groups -OCH3 is 2. The number of esters is 2. The van der Waals surface area contributed by atoms with Gasteiger partial charge in [0.05, 0.1) is 39.5 Å². The van der Waals surface area contributed by atoms with Crippen LogP contribution in [0.2, 0.25) is 0 Å². The smallest absolute Gasteiger partial charge is 0.328 e. The number of hydroxylamine groups is 2. The molecule has 4 amide bonds. The van der Waals surface area contributed by atoms with E-state index in [1.807, 2.05) is 6.92 Å². The Bertz CT molecular complexity index is 1390.